The Labute approximate surface area is 106 Å². The van der Waals surface area contributed by atoms with Crippen LogP contribution in [0.5, 0.6) is 0 Å². The summed E-state index contributed by atoms with van der Waals surface area (Å²) in [6, 6.07) is 0. The lowest BCUT2D eigenvalue weighted by Crippen LogP contribution is -2.17. The van der Waals surface area contributed by atoms with Gasteiger partial charge in [0.15, 0.2) is 0 Å². The van der Waals surface area contributed by atoms with E-state index in [4.69, 9.17) is 18.6 Å². The van der Waals surface area contributed by atoms with Crippen LogP contribution in [0.15, 0.2) is 5.16 Å². The fraction of sp³-hybridized carbons (Fsp3) is 0.800. The van der Waals surface area contributed by atoms with Gasteiger partial charge in [-0.25, -0.2) is 0 Å². The lowest BCUT2D eigenvalue weighted by molar-refractivity contribution is -0.170. The minimum atomic E-state index is -3.18. The molecule has 0 aromatic carbocycles. The molecule has 1 unspecified atom stereocenters. The fourth-order valence-corrected chi connectivity index (χ4v) is 3.17. The average Bonchev–Trinajstić information content (AvgIpc) is 2.64. The van der Waals surface area contributed by atoms with Gasteiger partial charge in [-0.2, -0.15) is 0 Å². The van der Waals surface area contributed by atoms with Gasteiger partial charge in [0.05, 0.1) is 31.5 Å². The molecule has 7 nitrogen and oxygen atoms in total. The van der Waals surface area contributed by atoms with Gasteiger partial charge in [0.25, 0.3) is 6.29 Å². The molecule has 0 aromatic rings. The predicted molar refractivity (Wildman–Crippen MR) is 64.4 cm³/mol. The molecule has 0 radical (unpaired) electrons. The van der Waals surface area contributed by atoms with E-state index in [-0.39, 0.29) is 12.6 Å². The van der Waals surface area contributed by atoms with Crippen molar-refractivity contribution in [2.75, 3.05) is 19.4 Å². The van der Waals surface area contributed by atoms with Gasteiger partial charge in [0, 0.05) is 6.92 Å². The van der Waals surface area contributed by atoms with E-state index in [0.717, 1.165) is 0 Å². The molecule has 0 N–H and O–H groups in total. The quantitative estimate of drug-likeness (QED) is 0.523. The van der Waals surface area contributed by atoms with Crippen LogP contribution >= 0.6 is 7.60 Å². The topological polar surface area (TPSA) is 83.4 Å². The Kier molecular flexibility index (Phi) is 5.78. The standard InChI is InChI=1S/C10H18NO6P/c1-4-14-18(13,15-5-2)7-9-6-10(17-11-9)16-8(3)12/h10H,4-7H2,1-3H3. The first-order chi connectivity index (χ1) is 8.49. The van der Waals surface area contributed by atoms with Crippen molar-refractivity contribution in [3.8, 4) is 0 Å². The molecule has 104 valence electrons. The van der Waals surface area contributed by atoms with Crippen molar-refractivity contribution in [2.45, 2.75) is 33.5 Å². The Morgan fingerprint density at radius 3 is 2.56 bits per heavy atom. The van der Waals surface area contributed by atoms with Gasteiger partial charge in [-0.15, -0.1) is 0 Å². The average molecular weight is 279 g/mol. The van der Waals surface area contributed by atoms with Crippen LogP contribution in [-0.2, 0) is 28.0 Å². The van der Waals surface area contributed by atoms with E-state index in [1.54, 1.807) is 13.8 Å². The first kappa shape index (κ1) is 15.1. The molecule has 0 aliphatic carbocycles. The largest absolute Gasteiger partial charge is 0.423 e. The summed E-state index contributed by atoms with van der Waals surface area (Å²) in [4.78, 5) is 15.6. The van der Waals surface area contributed by atoms with E-state index in [1.165, 1.54) is 6.92 Å². The van der Waals surface area contributed by atoms with Crippen molar-refractivity contribution in [2.24, 2.45) is 5.16 Å². The summed E-state index contributed by atoms with van der Waals surface area (Å²) < 4.78 is 27.3. The van der Waals surface area contributed by atoms with Crippen molar-refractivity contribution < 1.29 is 28.0 Å². The highest BCUT2D eigenvalue weighted by Crippen LogP contribution is 2.48. The van der Waals surface area contributed by atoms with Gasteiger partial charge >= 0.3 is 13.6 Å². The zero-order valence-corrected chi connectivity index (χ0v) is 11.6. The zero-order chi connectivity index (χ0) is 13.6. The summed E-state index contributed by atoms with van der Waals surface area (Å²) in [5.41, 5.74) is 0.506. The molecule has 0 aromatic heterocycles. The fourth-order valence-electron chi connectivity index (χ4n) is 1.49. The highest BCUT2D eigenvalue weighted by atomic mass is 31.2. The van der Waals surface area contributed by atoms with Crippen LogP contribution in [0, 0.1) is 0 Å². The maximum Gasteiger partial charge on any atom is 0.336 e. The van der Waals surface area contributed by atoms with Gasteiger partial charge in [-0.05, 0) is 13.8 Å². The van der Waals surface area contributed by atoms with Crippen LogP contribution in [0.1, 0.15) is 27.2 Å². The summed E-state index contributed by atoms with van der Waals surface area (Å²) in [5, 5.41) is 3.73. The predicted octanol–water partition coefficient (Wildman–Crippen LogP) is 1.92. The van der Waals surface area contributed by atoms with Crippen LogP contribution in [0.4, 0.5) is 0 Å². The number of carbonyl (C=O) groups is 1. The molecule has 0 spiro atoms. The van der Waals surface area contributed by atoms with Gasteiger partial charge in [0.2, 0.25) is 0 Å². The Hall–Kier alpha value is -0.910. The van der Waals surface area contributed by atoms with Crippen LogP contribution in [-0.4, -0.2) is 37.3 Å². The molecule has 1 aliphatic heterocycles. The molecule has 8 heteroatoms. The van der Waals surface area contributed by atoms with E-state index in [9.17, 15) is 9.36 Å². The molecule has 18 heavy (non-hydrogen) atoms. The van der Waals surface area contributed by atoms with Crippen molar-refractivity contribution >= 4 is 19.3 Å². The summed E-state index contributed by atoms with van der Waals surface area (Å²) >= 11 is 0. The number of ether oxygens (including phenoxy) is 1. The summed E-state index contributed by atoms with van der Waals surface area (Å²) in [5.74, 6) is -0.450. The third-order valence-electron chi connectivity index (χ3n) is 2.03. The number of carbonyl (C=O) groups excluding carboxylic acids is 1. The molecule has 0 saturated heterocycles. The lowest BCUT2D eigenvalue weighted by atomic mass is 10.3. The van der Waals surface area contributed by atoms with E-state index in [2.05, 4.69) is 5.16 Å². The molecule has 1 aliphatic rings. The molecular formula is C10H18NO6P. The Balaban J connectivity index is 2.51. The third kappa shape index (κ3) is 4.76. The van der Waals surface area contributed by atoms with Crippen molar-refractivity contribution in [3.05, 3.63) is 0 Å². The summed E-state index contributed by atoms with van der Waals surface area (Å²) in [7, 11) is -3.18. The molecule has 1 heterocycles. The van der Waals surface area contributed by atoms with Crippen molar-refractivity contribution in [1.82, 2.24) is 0 Å². The Morgan fingerprint density at radius 1 is 1.44 bits per heavy atom. The number of rotatable bonds is 7. The second-order valence-corrected chi connectivity index (χ2v) is 5.67. The molecule has 0 fully saturated rings. The summed E-state index contributed by atoms with van der Waals surface area (Å²) in [6.45, 7) is 5.34. The summed E-state index contributed by atoms with van der Waals surface area (Å²) in [6.07, 6.45) is -0.412. The third-order valence-corrected chi connectivity index (χ3v) is 4.08. The number of hydrogen-bond acceptors (Lipinski definition) is 7. The van der Waals surface area contributed by atoms with E-state index < -0.39 is 19.9 Å². The number of esters is 1. The van der Waals surface area contributed by atoms with Crippen molar-refractivity contribution in [1.29, 1.82) is 0 Å². The molecule has 0 bridgehead atoms. The second kappa shape index (κ2) is 6.87. The Morgan fingerprint density at radius 2 is 2.06 bits per heavy atom. The molecule has 1 atom stereocenters. The maximum absolute atomic E-state index is 12.2. The minimum absolute atomic E-state index is 0.0481. The molecule has 0 saturated carbocycles. The number of nitrogens with zero attached hydrogens (tertiary/aromatic N) is 1. The first-order valence-corrected chi connectivity index (χ1v) is 7.48. The van der Waals surface area contributed by atoms with Crippen LogP contribution in [0.2, 0.25) is 0 Å². The highest BCUT2D eigenvalue weighted by molar-refractivity contribution is 7.54. The van der Waals surface area contributed by atoms with E-state index in [0.29, 0.717) is 18.9 Å². The monoisotopic (exact) mass is 279 g/mol. The van der Waals surface area contributed by atoms with Gasteiger partial charge in [-0.3, -0.25) is 9.36 Å². The normalized spacial score (nSPS) is 19.3. The smallest absolute Gasteiger partial charge is 0.336 e. The van der Waals surface area contributed by atoms with Crippen molar-refractivity contribution in [3.63, 3.8) is 0 Å². The van der Waals surface area contributed by atoms with Crippen LogP contribution in [0.25, 0.3) is 0 Å². The second-order valence-electron chi connectivity index (χ2n) is 3.61. The maximum atomic E-state index is 12.2. The minimum Gasteiger partial charge on any atom is -0.423 e. The van der Waals surface area contributed by atoms with Crippen LogP contribution < -0.4 is 0 Å². The van der Waals surface area contributed by atoms with E-state index >= 15 is 0 Å². The Bertz CT molecular complexity index is 359. The van der Waals surface area contributed by atoms with E-state index in [1.807, 2.05) is 0 Å². The van der Waals surface area contributed by atoms with Crippen LogP contribution in [0.3, 0.4) is 0 Å². The molecule has 1 rings (SSSR count). The zero-order valence-electron chi connectivity index (χ0n) is 10.7. The van der Waals surface area contributed by atoms with Gasteiger partial charge < -0.3 is 18.6 Å². The highest BCUT2D eigenvalue weighted by Gasteiger charge is 2.32. The number of hydrogen-bond donors (Lipinski definition) is 0. The number of oxime groups is 1. The SMILES string of the molecule is CCOP(=O)(CC1=NOC(OC(C)=O)C1)OCC. The van der Waals surface area contributed by atoms with Gasteiger partial charge in [-0.1, -0.05) is 5.16 Å². The molecular weight excluding hydrogens is 261 g/mol. The first-order valence-electron chi connectivity index (χ1n) is 5.76. The lowest BCUT2D eigenvalue weighted by Gasteiger charge is -2.16. The van der Waals surface area contributed by atoms with Gasteiger partial charge in [0.1, 0.15) is 0 Å². The molecule has 0 amide bonds.